The zero-order valence-electron chi connectivity index (χ0n) is 8.81. The molecule has 0 saturated heterocycles. The number of benzene rings is 1. The van der Waals surface area contributed by atoms with E-state index in [-0.39, 0.29) is 6.04 Å². The Morgan fingerprint density at radius 1 is 1.33 bits per heavy atom. The van der Waals surface area contributed by atoms with E-state index in [0.717, 1.165) is 5.56 Å². The summed E-state index contributed by atoms with van der Waals surface area (Å²) in [5, 5.41) is 8.64. The van der Waals surface area contributed by atoms with Crippen LogP contribution in [0, 0.1) is 0 Å². The van der Waals surface area contributed by atoms with Crippen LogP contribution in [0.15, 0.2) is 24.3 Å². The Labute approximate surface area is 88.7 Å². The Kier molecular flexibility index (Phi) is 3.68. The highest BCUT2D eigenvalue weighted by Crippen LogP contribution is 2.17. The van der Waals surface area contributed by atoms with Crippen LogP contribution in [0.2, 0.25) is 0 Å². The molecule has 0 aliphatic rings. The molecule has 0 saturated carbocycles. The summed E-state index contributed by atoms with van der Waals surface area (Å²) in [6.07, 6.45) is -0.842. The zero-order chi connectivity index (χ0) is 11.4. The second kappa shape index (κ2) is 4.79. The largest absolute Gasteiger partial charge is 0.479 e. The van der Waals surface area contributed by atoms with Crippen molar-refractivity contribution in [2.24, 2.45) is 5.73 Å². The number of hydrogen-bond donors (Lipinski definition) is 2. The maximum absolute atomic E-state index is 10.5. The van der Waals surface area contributed by atoms with E-state index >= 15 is 0 Å². The minimum atomic E-state index is -0.980. The highest BCUT2D eigenvalue weighted by molar-refractivity contribution is 5.72. The average Bonchev–Trinajstić information content (AvgIpc) is 2.18. The SMILES string of the molecule is CC(Oc1ccc([C@H](C)N)cc1)C(=O)O. The number of hydrogen-bond acceptors (Lipinski definition) is 3. The summed E-state index contributed by atoms with van der Waals surface area (Å²) in [5.74, 6) is -0.444. The number of carboxylic acid groups (broad SMARTS) is 1. The zero-order valence-corrected chi connectivity index (χ0v) is 8.81. The number of ether oxygens (including phenoxy) is 1. The van der Waals surface area contributed by atoms with Crippen LogP contribution in [0.4, 0.5) is 0 Å². The minimum absolute atomic E-state index is 0.0315. The number of carboxylic acids is 1. The van der Waals surface area contributed by atoms with Crippen molar-refractivity contribution in [1.29, 1.82) is 0 Å². The molecule has 0 bridgehead atoms. The van der Waals surface area contributed by atoms with E-state index in [1.165, 1.54) is 6.92 Å². The summed E-state index contributed by atoms with van der Waals surface area (Å²) < 4.78 is 5.17. The molecular weight excluding hydrogens is 194 g/mol. The van der Waals surface area contributed by atoms with Gasteiger partial charge in [0.25, 0.3) is 0 Å². The maximum atomic E-state index is 10.5. The van der Waals surface area contributed by atoms with Crippen molar-refractivity contribution in [3.8, 4) is 5.75 Å². The first-order valence-corrected chi connectivity index (χ1v) is 4.75. The third-order valence-electron chi connectivity index (χ3n) is 2.07. The highest BCUT2D eigenvalue weighted by atomic mass is 16.5. The van der Waals surface area contributed by atoms with E-state index in [9.17, 15) is 4.79 Å². The molecule has 82 valence electrons. The van der Waals surface area contributed by atoms with Gasteiger partial charge in [0.1, 0.15) is 5.75 Å². The van der Waals surface area contributed by atoms with Crippen molar-refractivity contribution < 1.29 is 14.6 Å². The van der Waals surface area contributed by atoms with E-state index < -0.39 is 12.1 Å². The lowest BCUT2D eigenvalue weighted by Crippen LogP contribution is -2.22. The Morgan fingerprint density at radius 2 is 1.87 bits per heavy atom. The molecular formula is C11H15NO3. The minimum Gasteiger partial charge on any atom is -0.479 e. The molecule has 1 aromatic rings. The van der Waals surface area contributed by atoms with Gasteiger partial charge in [0, 0.05) is 6.04 Å². The molecule has 0 aromatic heterocycles. The van der Waals surface area contributed by atoms with Gasteiger partial charge in [-0.2, -0.15) is 0 Å². The molecule has 0 heterocycles. The molecule has 2 atom stereocenters. The van der Waals surface area contributed by atoms with Gasteiger partial charge in [0.15, 0.2) is 6.10 Å². The fourth-order valence-electron chi connectivity index (χ4n) is 1.10. The van der Waals surface area contributed by atoms with Crippen LogP contribution in [0.5, 0.6) is 5.75 Å². The Bertz CT molecular complexity index is 332. The second-order valence-electron chi connectivity index (χ2n) is 3.46. The number of rotatable bonds is 4. The van der Waals surface area contributed by atoms with E-state index in [1.54, 1.807) is 12.1 Å². The third-order valence-corrected chi connectivity index (χ3v) is 2.07. The fraction of sp³-hybridized carbons (Fsp3) is 0.364. The molecule has 0 amide bonds. The molecule has 0 aliphatic carbocycles. The quantitative estimate of drug-likeness (QED) is 0.789. The molecule has 4 nitrogen and oxygen atoms in total. The van der Waals surface area contributed by atoms with Gasteiger partial charge in [0.2, 0.25) is 0 Å². The van der Waals surface area contributed by atoms with E-state index in [4.69, 9.17) is 15.6 Å². The van der Waals surface area contributed by atoms with Crippen LogP contribution in [-0.2, 0) is 4.79 Å². The molecule has 3 N–H and O–H groups in total. The van der Waals surface area contributed by atoms with Gasteiger partial charge in [0.05, 0.1) is 0 Å². The number of aliphatic carboxylic acids is 1. The van der Waals surface area contributed by atoms with Crippen LogP contribution in [0.1, 0.15) is 25.5 Å². The van der Waals surface area contributed by atoms with Crippen LogP contribution in [0.3, 0.4) is 0 Å². The normalized spacial score (nSPS) is 14.3. The van der Waals surface area contributed by atoms with E-state index in [1.807, 2.05) is 19.1 Å². The molecule has 0 radical (unpaired) electrons. The van der Waals surface area contributed by atoms with Gasteiger partial charge in [-0.3, -0.25) is 0 Å². The summed E-state index contributed by atoms with van der Waals surface area (Å²) in [7, 11) is 0. The van der Waals surface area contributed by atoms with Gasteiger partial charge in [-0.05, 0) is 31.5 Å². The van der Waals surface area contributed by atoms with E-state index in [2.05, 4.69) is 0 Å². The lowest BCUT2D eigenvalue weighted by atomic mass is 10.1. The lowest BCUT2D eigenvalue weighted by molar-refractivity contribution is -0.144. The van der Waals surface area contributed by atoms with Crippen LogP contribution < -0.4 is 10.5 Å². The van der Waals surface area contributed by atoms with Crippen LogP contribution in [-0.4, -0.2) is 17.2 Å². The van der Waals surface area contributed by atoms with Gasteiger partial charge in [-0.1, -0.05) is 12.1 Å². The smallest absolute Gasteiger partial charge is 0.344 e. The predicted molar refractivity (Wildman–Crippen MR) is 56.8 cm³/mol. The molecule has 0 spiro atoms. The van der Waals surface area contributed by atoms with Gasteiger partial charge < -0.3 is 15.6 Å². The average molecular weight is 209 g/mol. The summed E-state index contributed by atoms with van der Waals surface area (Å²) >= 11 is 0. The van der Waals surface area contributed by atoms with Crippen molar-refractivity contribution in [3.05, 3.63) is 29.8 Å². The summed E-state index contributed by atoms with van der Waals surface area (Å²) in [4.78, 5) is 10.5. The molecule has 0 fully saturated rings. The van der Waals surface area contributed by atoms with Crippen molar-refractivity contribution >= 4 is 5.97 Å². The Morgan fingerprint density at radius 3 is 2.27 bits per heavy atom. The summed E-state index contributed by atoms with van der Waals surface area (Å²) in [5.41, 5.74) is 6.67. The topological polar surface area (TPSA) is 72.5 Å². The van der Waals surface area contributed by atoms with Gasteiger partial charge >= 0.3 is 5.97 Å². The lowest BCUT2D eigenvalue weighted by Gasteiger charge is -2.11. The summed E-state index contributed by atoms with van der Waals surface area (Å²) in [6.45, 7) is 3.37. The van der Waals surface area contributed by atoms with Crippen molar-refractivity contribution in [3.63, 3.8) is 0 Å². The predicted octanol–water partition coefficient (Wildman–Crippen LogP) is 1.56. The van der Waals surface area contributed by atoms with Crippen LogP contribution >= 0.6 is 0 Å². The molecule has 0 aliphatic heterocycles. The Balaban J connectivity index is 2.68. The van der Waals surface area contributed by atoms with Crippen molar-refractivity contribution in [2.45, 2.75) is 26.0 Å². The number of carbonyl (C=O) groups is 1. The fourth-order valence-corrected chi connectivity index (χ4v) is 1.10. The highest BCUT2D eigenvalue weighted by Gasteiger charge is 2.12. The first kappa shape index (κ1) is 11.5. The van der Waals surface area contributed by atoms with Gasteiger partial charge in [-0.15, -0.1) is 0 Å². The van der Waals surface area contributed by atoms with Crippen molar-refractivity contribution in [2.75, 3.05) is 0 Å². The monoisotopic (exact) mass is 209 g/mol. The Hall–Kier alpha value is -1.55. The third kappa shape index (κ3) is 3.25. The molecule has 1 aromatic carbocycles. The summed E-state index contributed by atoms with van der Waals surface area (Å²) in [6, 6.07) is 7.07. The molecule has 15 heavy (non-hydrogen) atoms. The second-order valence-corrected chi connectivity index (χ2v) is 3.46. The number of nitrogens with two attached hydrogens (primary N) is 1. The first-order chi connectivity index (χ1) is 7.00. The van der Waals surface area contributed by atoms with Crippen LogP contribution in [0.25, 0.3) is 0 Å². The molecule has 1 rings (SSSR count). The first-order valence-electron chi connectivity index (χ1n) is 4.75. The molecule has 1 unspecified atom stereocenters. The standard InChI is InChI=1S/C11H15NO3/c1-7(12)9-3-5-10(6-4-9)15-8(2)11(13)14/h3-8H,12H2,1-2H3,(H,13,14)/t7-,8?/m0/s1. The molecule has 4 heteroatoms. The van der Waals surface area contributed by atoms with E-state index in [0.29, 0.717) is 5.75 Å². The van der Waals surface area contributed by atoms with Crippen molar-refractivity contribution in [1.82, 2.24) is 0 Å². The van der Waals surface area contributed by atoms with Gasteiger partial charge in [-0.25, -0.2) is 4.79 Å². The maximum Gasteiger partial charge on any atom is 0.344 e.